The van der Waals surface area contributed by atoms with Crippen molar-refractivity contribution in [3.05, 3.63) is 83.4 Å². The Balaban J connectivity index is 1.50. The van der Waals surface area contributed by atoms with Gasteiger partial charge in [0.05, 0.1) is 40.8 Å². The molecule has 0 saturated carbocycles. The van der Waals surface area contributed by atoms with Gasteiger partial charge >= 0.3 is 0 Å². The number of hydrogen-bond donors (Lipinski definition) is 0. The molecule has 0 bridgehead atoms. The van der Waals surface area contributed by atoms with Crippen LogP contribution in [0, 0.1) is 5.82 Å². The Hall–Kier alpha value is -3.85. The van der Waals surface area contributed by atoms with Crippen molar-refractivity contribution in [2.24, 2.45) is 0 Å². The fourth-order valence-corrected chi connectivity index (χ4v) is 3.84. The largest absolute Gasteiger partial charge is 0.300 e. The van der Waals surface area contributed by atoms with Gasteiger partial charge in [0.2, 0.25) is 0 Å². The summed E-state index contributed by atoms with van der Waals surface area (Å²) < 4.78 is 18.6. The molecule has 0 unspecified atom stereocenters. The maximum absolute atomic E-state index is 13.2. The summed E-state index contributed by atoms with van der Waals surface area (Å²) in [6, 6.07) is 11.7. The Morgan fingerprint density at radius 3 is 2.73 bits per heavy atom. The number of imidazole rings is 1. The fourth-order valence-electron chi connectivity index (χ4n) is 3.68. The van der Waals surface area contributed by atoms with E-state index in [9.17, 15) is 4.39 Å². The molecule has 6 rings (SSSR count). The molecular formula is C20H12ClFN8. The van der Waals surface area contributed by atoms with Crippen molar-refractivity contribution in [2.45, 2.75) is 6.42 Å². The molecule has 146 valence electrons. The number of rotatable bonds is 2. The SMILES string of the molecule is Fc1ccc(-n2cc(-c3ncn4c3Cc3cnnn3-c3cc(Cl)ccc3-4)nn2)cc1. The molecule has 0 N–H and O–H groups in total. The molecule has 0 fully saturated rings. The van der Waals surface area contributed by atoms with Gasteiger partial charge in [-0.3, -0.25) is 4.57 Å². The van der Waals surface area contributed by atoms with E-state index in [0.717, 1.165) is 22.8 Å². The Morgan fingerprint density at radius 1 is 1.00 bits per heavy atom. The molecule has 10 heteroatoms. The highest BCUT2D eigenvalue weighted by Gasteiger charge is 2.25. The van der Waals surface area contributed by atoms with Crippen molar-refractivity contribution < 1.29 is 4.39 Å². The summed E-state index contributed by atoms with van der Waals surface area (Å²) in [5.74, 6) is -0.303. The van der Waals surface area contributed by atoms with Crippen LogP contribution in [0.15, 0.2) is 61.2 Å². The van der Waals surface area contributed by atoms with Crippen LogP contribution in [-0.4, -0.2) is 39.5 Å². The quantitative estimate of drug-likeness (QED) is 0.430. The molecule has 0 aliphatic carbocycles. The first-order valence-electron chi connectivity index (χ1n) is 9.12. The van der Waals surface area contributed by atoms with Crippen LogP contribution in [0.5, 0.6) is 0 Å². The summed E-state index contributed by atoms with van der Waals surface area (Å²) in [6.07, 6.45) is 5.82. The van der Waals surface area contributed by atoms with E-state index in [1.807, 2.05) is 22.8 Å². The molecule has 0 radical (unpaired) electrons. The lowest BCUT2D eigenvalue weighted by Gasteiger charge is -2.10. The van der Waals surface area contributed by atoms with Crippen LogP contribution in [0.1, 0.15) is 11.4 Å². The molecular weight excluding hydrogens is 407 g/mol. The van der Waals surface area contributed by atoms with E-state index >= 15 is 0 Å². The zero-order valence-corrected chi connectivity index (χ0v) is 16.1. The predicted molar refractivity (Wildman–Crippen MR) is 107 cm³/mol. The van der Waals surface area contributed by atoms with Gasteiger partial charge in [-0.2, -0.15) is 0 Å². The van der Waals surface area contributed by atoms with Crippen LogP contribution >= 0.6 is 11.6 Å². The number of hydrogen-bond acceptors (Lipinski definition) is 5. The third-order valence-electron chi connectivity index (χ3n) is 5.09. The van der Waals surface area contributed by atoms with Gasteiger partial charge < -0.3 is 0 Å². The summed E-state index contributed by atoms with van der Waals surface area (Å²) in [5, 5.41) is 17.4. The zero-order chi connectivity index (χ0) is 20.2. The highest BCUT2D eigenvalue weighted by Crippen LogP contribution is 2.33. The number of nitrogens with zero attached hydrogens (tertiary/aromatic N) is 8. The number of aromatic nitrogens is 8. The van der Waals surface area contributed by atoms with Crippen LogP contribution in [0.2, 0.25) is 5.02 Å². The molecule has 4 heterocycles. The lowest BCUT2D eigenvalue weighted by molar-refractivity contribution is 0.626. The van der Waals surface area contributed by atoms with E-state index in [-0.39, 0.29) is 5.82 Å². The normalized spacial score (nSPS) is 12.2. The summed E-state index contributed by atoms with van der Waals surface area (Å²) in [6.45, 7) is 0. The van der Waals surface area contributed by atoms with Crippen LogP contribution in [0.4, 0.5) is 4.39 Å². The summed E-state index contributed by atoms with van der Waals surface area (Å²) in [7, 11) is 0. The van der Waals surface area contributed by atoms with E-state index in [4.69, 9.17) is 11.6 Å². The van der Waals surface area contributed by atoms with Crippen molar-refractivity contribution in [1.29, 1.82) is 0 Å². The highest BCUT2D eigenvalue weighted by molar-refractivity contribution is 6.30. The smallest absolute Gasteiger partial charge is 0.133 e. The molecule has 3 aromatic heterocycles. The topological polar surface area (TPSA) is 79.2 Å². The van der Waals surface area contributed by atoms with Gasteiger partial charge in [-0.1, -0.05) is 22.0 Å². The van der Waals surface area contributed by atoms with Gasteiger partial charge in [0.25, 0.3) is 0 Å². The molecule has 0 spiro atoms. The second-order valence-corrected chi connectivity index (χ2v) is 7.32. The first-order chi connectivity index (χ1) is 14.7. The Kier molecular flexibility index (Phi) is 3.59. The average Bonchev–Trinajstić information content (AvgIpc) is 3.48. The van der Waals surface area contributed by atoms with Crippen LogP contribution in [-0.2, 0) is 6.42 Å². The van der Waals surface area contributed by atoms with Gasteiger partial charge in [0.1, 0.15) is 23.5 Å². The van der Waals surface area contributed by atoms with Gasteiger partial charge in [-0.05, 0) is 42.5 Å². The van der Waals surface area contributed by atoms with Crippen molar-refractivity contribution in [2.75, 3.05) is 0 Å². The monoisotopic (exact) mass is 418 g/mol. The van der Waals surface area contributed by atoms with Crippen molar-refractivity contribution in [3.8, 4) is 28.5 Å². The van der Waals surface area contributed by atoms with Crippen LogP contribution in [0.25, 0.3) is 28.5 Å². The third kappa shape index (κ3) is 2.56. The van der Waals surface area contributed by atoms with Crippen molar-refractivity contribution >= 4 is 11.6 Å². The summed E-state index contributed by atoms with van der Waals surface area (Å²) >= 11 is 6.23. The molecule has 0 amide bonds. The van der Waals surface area contributed by atoms with Crippen LogP contribution in [0.3, 0.4) is 0 Å². The second-order valence-electron chi connectivity index (χ2n) is 6.88. The van der Waals surface area contributed by atoms with E-state index in [1.165, 1.54) is 12.1 Å². The summed E-state index contributed by atoms with van der Waals surface area (Å²) in [5.41, 5.74) is 5.60. The predicted octanol–water partition coefficient (Wildman–Crippen LogP) is 3.40. The minimum atomic E-state index is -0.303. The minimum Gasteiger partial charge on any atom is -0.300 e. The van der Waals surface area contributed by atoms with E-state index in [2.05, 4.69) is 25.6 Å². The lowest BCUT2D eigenvalue weighted by Crippen LogP contribution is -2.03. The van der Waals surface area contributed by atoms with Gasteiger partial charge in [-0.25, -0.2) is 18.7 Å². The van der Waals surface area contributed by atoms with Crippen LogP contribution < -0.4 is 0 Å². The maximum atomic E-state index is 13.2. The molecule has 1 aliphatic heterocycles. The maximum Gasteiger partial charge on any atom is 0.133 e. The molecule has 2 aromatic carbocycles. The lowest BCUT2D eigenvalue weighted by atomic mass is 10.1. The average molecular weight is 419 g/mol. The zero-order valence-electron chi connectivity index (χ0n) is 15.3. The van der Waals surface area contributed by atoms with E-state index < -0.39 is 0 Å². The number of benzene rings is 2. The highest BCUT2D eigenvalue weighted by atomic mass is 35.5. The second kappa shape index (κ2) is 6.33. The van der Waals surface area contributed by atoms with Crippen molar-refractivity contribution in [3.63, 3.8) is 0 Å². The molecule has 8 nitrogen and oxygen atoms in total. The van der Waals surface area contributed by atoms with E-state index in [0.29, 0.717) is 28.5 Å². The van der Waals surface area contributed by atoms with Crippen molar-refractivity contribution in [1.82, 2.24) is 39.5 Å². The third-order valence-corrected chi connectivity index (χ3v) is 5.32. The Bertz CT molecular complexity index is 1400. The Labute approximate surface area is 174 Å². The first kappa shape index (κ1) is 17.0. The molecule has 0 saturated heterocycles. The molecule has 1 aliphatic rings. The van der Waals surface area contributed by atoms with Gasteiger partial charge in [-0.15, -0.1) is 10.2 Å². The van der Waals surface area contributed by atoms with Gasteiger partial charge in [0, 0.05) is 11.4 Å². The molecule has 5 aromatic rings. The minimum absolute atomic E-state index is 0.303. The fraction of sp³-hybridized carbons (Fsp3) is 0.0500. The summed E-state index contributed by atoms with van der Waals surface area (Å²) in [4.78, 5) is 4.61. The number of fused-ring (bicyclic) bond motifs is 5. The van der Waals surface area contributed by atoms with Gasteiger partial charge in [0.15, 0.2) is 0 Å². The standard InChI is InChI=1S/C20H12ClFN8/c21-12-1-6-17-18(7-12)30-15(9-24-26-30)8-19-20(23-11-28(17)19)16-10-29(27-25-16)14-4-2-13(22)3-5-14/h1-7,9-11H,8H2. The molecule has 30 heavy (non-hydrogen) atoms. The van der Waals surface area contributed by atoms with E-state index in [1.54, 1.807) is 40.2 Å². The first-order valence-corrected chi connectivity index (χ1v) is 9.50. The Morgan fingerprint density at radius 2 is 1.87 bits per heavy atom. The molecule has 0 atom stereocenters. The number of halogens is 2.